The second kappa shape index (κ2) is 11.3. The number of carbonyl (C=O) groups excluding carboxylic acids is 3. The van der Waals surface area contributed by atoms with Gasteiger partial charge in [-0.15, -0.1) is 0 Å². The molecule has 0 aromatic heterocycles. The molecular formula is C18H22IN3O5S. The molecule has 0 bridgehead atoms. The molecule has 1 aliphatic rings. The highest BCUT2D eigenvalue weighted by Gasteiger charge is 2.34. The Bertz CT molecular complexity index is 746. The lowest BCUT2D eigenvalue weighted by Crippen LogP contribution is -2.60. The summed E-state index contributed by atoms with van der Waals surface area (Å²) in [5.41, 5.74) is 0.485. The van der Waals surface area contributed by atoms with E-state index < -0.39 is 12.0 Å². The third-order valence-corrected chi connectivity index (χ3v) is 5.26. The quantitative estimate of drug-likeness (QED) is 0.241. The summed E-state index contributed by atoms with van der Waals surface area (Å²) in [6.45, 7) is 3.55. The summed E-state index contributed by atoms with van der Waals surface area (Å²) in [5, 5.41) is 5.46. The number of ether oxygens (including phenoxy) is 2. The number of esters is 1. The molecular weight excluding hydrogens is 497 g/mol. The third kappa shape index (κ3) is 6.38. The zero-order chi connectivity index (χ0) is 20.5. The Morgan fingerprint density at radius 2 is 2.11 bits per heavy atom. The van der Waals surface area contributed by atoms with Gasteiger partial charge in [0.05, 0.1) is 18.6 Å². The Morgan fingerprint density at radius 1 is 1.36 bits per heavy atom. The molecule has 2 rings (SSSR count). The maximum atomic E-state index is 12.5. The van der Waals surface area contributed by atoms with Crippen LogP contribution in [-0.4, -0.2) is 66.7 Å². The minimum absolute atomic E-state index is 0.103. The van der Waals surface area contributed by atoms with Crippen LogP contribution in [0.2, 0.25) is 0 Å². The number of hydrogen-bond acceptors (Lipinski definition) is 6. The summed E-state index contributed by atoms with van der Waals surface area (Å²) in [6.07, 6.45) is -0.170. The number of rotatable bonds is 7. The smallest absolute Gasteiger partial charge is 0.308 e. The van der Waals surface area contributed by atoms with Crippen LogP contribution in [0.1, 0.15) is 23.7 Å². The van der Waals surface area contributed by atoms with Crippen LogP contribution in [0.4, 0.5) is 0 Å². The molecule has 1 aromatic rings. The van der Waals surface area contributed by atoms with Crippen LogP contribution in [0.3, 0.4) is 0 Å². The molecule has 1 saturated heterocycles. The largest absolute Gasteiger partial charge is 0.463 e. The SMILES string of the molecule is CCOCCOC(=O)CC1C(=O)NCCN1C(=S)NC(=O)c1ccccc1I. The van der Waals surface area contributed by atoms with E-state index in [-0.39, 0.29) is 30.0 Å². The van der Waals surface area contributed by atoms with E-state index in [2.05, 4.69) is 33.2 Å². The highest BCUT2D eigenvalue weighted by atomic mass is 127. The summed E-state index contributed by atoms with van der Waals surface area (Å²) >= 11 is 7.40. The van der Waals surface area contributed by atoms with Crippen LogP contribution in [0, 0.1) is 3.57 Å². The summed E-state index contributed by atoms with van der Waals surface area (Å²) in [5.74, 6) is -1.23. The van der Waals surface area contributed by atoms with Gasteiger partial charge in [-0.3, -0.25) is 19.7 Å². The Balaban J connectivity index is 1.99. The number of benzene rings is 1. The number of piperazine rings is 1. The predicted octanol–water partition coefficient (Wildman–Crippen LogP) is 1.08. The molecule has 0 radical (unpaired) electrons. The zero-order valence-electron chi connectivity index (χ0n) is 15.4. The Hall–Kier alpha value is -1.79. The van der Waals surface area contributed by atoms with Gasteiger partial charge in [-0.1, -0.05) is 12.1 Å². The number of nitrogens with one attached hydrogen (secondary N) is 2. The number of amides is 2. The van der Waals surface area contributed by atoms with Gasteiger partial charge in [0, 0.05) is 23.3 Å². The van der Waals surface area contributed by atoms with Crippen molar-refractivity contribution in [3.8, 4) is 0 Å². The van der Waals surface area contributed by atoms with Crippen molar-refractivity contribution in [1.82, 2.24) is 15.5 Å². The van der Waals surface area contributed by atoms with E-state index in [1.165, 1.54) is 0 Å². The van der Waals surface area contributed by atoms with Crippen LogP contribution < -0.4 is 10.6 Å². The van der Waals surface area contributed by atoms with Crippen LogP contribution in [0.5, 0.6) is 0 Å². The maximum absolute atomic E-state index is 12.5. The average molecular weight is 519 g/mol. The first-order valence-corrected chi connectivity index (χ1v) is 10.3. The molecule has 2 amide bonds. The number of thiocarbonyl (C=S) groups is 1. The molecule has 10 heteroatoms. The first-order chi connectivity index (χ1) is 13.4. The van der Waals surface area contributed by atoms with Gasteiger partial charge in [0.2, 0.25) is 5.91 Å². The highest BCUT2D eigenvalue weighted by Crippen LogP contribution is 2.13. The summed E-state index contributed by atoms with van der Waals surface area (Å²) in [6, 6.07) is 6.26. The maximum Gasteiger partial charge on any atom is 0.308 e. The molecule has 0 saturated carbocycles. The minimum atomic E-state index is -0.837. The lowest BCUT2D eigenvalue weighted by atomic mass is 10.1. The first kappa shape index (κ1) is 22.5. The van der Waals surface area contributed by atoms with Crippen LogP contribution >= 0.6 is 34.8 Å². The van der Waals surface area contributed by atoms with Crippen molar-refractivity contribution in [2.45, 2.75) is 19.4 Å². The second-order valence-corrected chi connectivity index (χ2v) is 7.41. The predicted molar refractivity (Wildman–Crippen MR) is 115 cm³/mol. The van der Waals surface area contributed by atoms with Gasteiger partial charge < -0.3 is 19.7 Å². The van der Waals surface area contributed by atoms with Crippen molar-refractivity contribution >= 4 is 57.7 Å². The minimum Gasteiger partial charge on any atom is -0.463 e. The van der Waals surface area contributed by atoms with E-state index in [9.17, 15) is 14.4 Å². The standard InChI is InChI=1S/C18H22IN3O5S/c1-2-26-9-10-27-15(23)11-14-17(25)20-7-8-22(14)18(28)21-16(24)12-5-3-4-6-13(12)19/h3-6,14H,2,7-11H2,1H3,(H,20,25)(H,21,24,28). The van der Waals surface area contributed by atoms with E-state index in [0.29, 0.717) is 31.9 Å². The fourth-order valence-electron chi connectivity index (χ4n) is 2.62. The van der Waals surface area contributed by atoms with Gasteiger partial charge in [-0.2, -0.15) is 0 Å². The van der Waals surface area contributed by atoms with Crippen molar-refractivity contribution in [2.24, 2.45) is 0 Å². The Labute approximate surface area is 182 Å². The normalized spacial score (nSPS) is 16.3. The molecule has 1 aromatic carbocycles. The third-order valence-electron chi connectivity index (χ3n) is 3.99. The van der Waals surface area contributed by atoms with Gasteiger partial charge in [0.1, 0.15) is 12.6 Å². The number of halogens is 1. The molecule has 0 spiro atoms. The Kier molecular flexibility index (Phi) is 9.06. The van der Waals surface area contributed by atoms with E-state index >= 15 is 0 Å². The van der Waals surface area contributed by atoms with E-state index in [0.717, 1.165) is 3.57 Å². The van der Waals surface area contributed by atoms with Gasteiger partial charge in [-0.05, 0) is 53.9 Å². The fraction of sp³-hybridized carbons (Fsp3) is 0.444. The molecule has 1 aliphatic heterocycles. The van der Waals surface area contributed by atoms with Crippen LogP contribution in [0.15, 0.2) is 24.3 Å². The van der Waals surface area contributed by atoms with Gasteiger partial charge >= 0.3 is 5.97 Å². The molecule has 152 valence electrons. The van der Waals surface area contributed by atoms with E-state index in [1.54, 1.807) is 17.0 Å². The van der Waals surface area contributed by atoms with Crippen molar-refractivity contribution in [2.75, 3.05) is 32.9 Å². The molecule has 0 aliphatic carbocycles. The molecule has 1 atom stereocenters. The topological polar surface area (TPSA) is 97.0 Å². The lowest BCUT2D eigenvalue weighted by molar-refractivity contribution is -0.148. The first-order valence-electron chi connectivity index (χ1n) is 8.81. The number of hydrogen-bond donors (Lipinski definition) is 2. The zero-order valence-corrected chi connectivity index (χ0v) is 18.4. The molecule has 8 nitrogen and oxygen atoms in total. The van der Waals surface area contributed by atoms with Crippen LogP contribution in [-0.2, 0) is 19.1 Å². The summed E-state index contributed by atoms with van der Waals surface area (Å²) in [4.78, 5) is 38.4. The molecule has 1 heterocycles. The van der Waals surface area contributed by atoms with E-state index in [4.69, 9.17) is 21.7 Å². The Morgan fingerprint density at radius 3 is 2.82 bits per heavy atom. The lowest BCUT2D eigenvalue weighted by Gasteiger charge is -2.36. The van der Waals surface area contributed by atoms with Gasteiger partial charge in [-0.25, -0.2) is 0 Å². The van der Waals surface area contributed by atoms with Gasteiger partial charge in [0.25, 0.3) is 5.91 Å². The van der Waals surface area contributed by atoms with Crippen molar-refractivity contribution in [3.05, 3.63) is 33.4 Å². The van der Waals surface area contributed by atoms with Gasteiger partial charge in [0.15, 0.2) is 5.11 Å². The number of nitrogens with zero attached hydrogens (tertiary/aromatic N) is 1. The molecule has 28 heavy (non-hydrogen) atoms. The van der Waals surface area contributed by atoms with Crippen molar-refractivity contribution in [3.63, 3.8) is 0 Å². The fourth-order valence-corrected chi connectivity index (χ4v) is 3.56. The van der Waals surface area contributed by atoms with Crippen molar-refractivity contribution < 1.29 is 23.9 Å². The molecule has 1 unspecified atom stereocenters. The molecule has 2 N–H and O–H groups in total. The summed E-state index contributed by atoms with van der Waals surface area (Å²) < 4.78 is 11.0. The monoisotopic (exact) mass is 519 g/mol. The second-order valence-electron chi connectivity index (χ2n) is 5.86. The van der Waals surface area contributed by atoms with Crippen molar-refractivity contribution in [1.29, 1.82) is 0 Å². The van der Waals surface area contributed by atoms with Crippen LogP contribution in [0.25, 0.3) is 0 Å². The average Bonchev–Trinajstić information content (AvgIpc) is 2.67. The highest BCUT2D eigenvalue weighted by molar-refractivity contribution is 14.1. The number of carbonyl (C=O) groups is 3. The molecule has 1 fully saturated rings. The van der Waals surface area contributed by atoms with E-state index in [1.807, 2.05) is 19.1 Å². The summed E-state index contributed by atoms with van der Waals surface area (Å²) in [7, 11) is 0.